The van der Waals surface area contributed by atoms with Gasteiger partial charge >= 0.3 is 11.9 Å². The summed E-state index contributed by atoms with van der Waals surface area (Å²) in [5.41, 5.74) is 0.507. The van der Waals surface area contributed by atoms with E-state index in [1.807, 2.05) is 0 Å². The number of aliphatic carboxylic acids is 1. The normalized spacial score (nSPS) is 10.8. The molecule has 0 bridgehead atoms. The number of nitrogens with zero attached hydrogens (tertiary/aromatic N) is 1. The highest BCUT2D eigenvalue weighted by Crippen LogP contribution is 2.28. The van der Waals surface area contributed by atoms with Gasteiger partial charge in [-0.15, -0.1) is 0 Å². The van der Waals surface area contributed by atoms with Crippen LogP contribution in [0.1, 0.15) is 22.5 Å². The summed E-state index contributed by atoms with van der Waals surface area (Å²) < 4.78 is 15.1. The lowest BCUT2D eigenvalue weighted by atomic mass is 10.1. The molecule has 0 atom stereocenters. The molecule has 2 rings (SSSR count). The second-order valence-corrected chi connectivity index (χ2v) is 4.21. The summed E-state index contributed by atoms with van der Waals surface area (Å²) in [6.07, 6.45) is -0.266. The number of aromatic nitrogens is 1. The SMILES string of the molecule is Cc1c(C(=O)O)n(CCC(=O)O)c2c(F)cccc12. The Labute approximate surface area is 107 Å². The minimum atomic E-state index is -1.20. The number of aromatic carboxylic acids is 1. The molecule has 0 aliphatic carbocycles. The lowest BCUT2D eigenvalue weighted by molar-refractivity contribution is -0.137. The van der Waals surface area contributed by atoms with Crippen molar-refractivity contribution >= 4 is 22.8 Å². The summed E-state index contributed by atoms with van der Waals surface area (Å²) in [5.74, 6) is -2.82. The van der Waals surface area contributed by atoms with Gasteiger partial charge in [0.1, 0.15) is 11.5 Å². The number of carboxylic acid groups (broad SMARTS) is 2. The van der Waals surface area contributed by atoms with Crippen LogP contribution < -0.4 is 0 Å². The summed E-state index contributed by atoms with van der Waals surface area (Å²) in [6.45, 7) is 1.50. The van der Waals surface area contributed by atoms with Crippen molar-refractivity contribution < 1.29 is 24.2 Å². The van der Waals surface area contributed by atoms with E-state index in [4.69, 9.17) is 5.11 Å². The zero-order valence-corrected chi connectivity index (χ0v) is 10.2. The number of carbonyl (C=O) groups is 2. The number of hydrogen-bond acceptors (Lipinski definition) is 2. The summed E-state index contributed by atoms with van der Waals surface area (Å²) in [4.78, 5) is 21.9. The summed E-state index contributed by atoms with van der Waals surface area (Å²) in [5, 5.41) is 18.4. The molecule has 0 fully saturated rings. The van der Waals surface area contributed by atoms with Gasteiger partial charge in [-0.25, -0.2) is 9.18 Å². The number of aryl methyl sites for hydroxylation is 2. The highest BCUT2D eigenvalue weighted by molar-refractivity contribution is 5.98. The molecule has 0 spiro atoms. The van der Waals surface area contributed by atoms with E-state index in [9.17, 15) is 19.1 Å². The Balaban J connectivity index is 2.72. The van der Waals surface area contributed by atoms with Crippen LogP contribution in [-0.4, -0.2) is 26.7 Å². The highest BCUT2D eigenvalue weighted by atomic mass is 19.1. The Hall–Kier alpha value is -2.37. The first kappa shape index (κ1) is 13.1. The fraction of sp³-hybridized carbons (Fsp3) is 0.231. The molecule has 6 heteroatoms. The molecule has 0 aliphatic heterocycles. The first-order valence-corrected chi connectivity index (χ1v) is 5.66. The first-order valence-electron chi connectivity index (χ1n) is 5.66. The van der Waals surface area contributed by atoms with Gasteiger partial charge in [-0.3, -0.25) is 4.79 Å². The third kappa shape index (κ3) is 2.16. The van der Waals surface area contributed by atoms with E-state index in [-0.39, 0.29) is 24.2 Å². The van der Waals surface area contributed by atoms with Crippen LogP contribution in [-0.2, 0) is 11.3 Å². The minimum absolute atomic E-state index is 0.0682. The fourth-order valence-corrected chi connectivity index (χ4v) is 2.24. The number of hydrogen-bond donors (Lipinski definition) is 2. The van der Waals surface area contributed by atoms with E-state index < -0.39 is 17.8 Å². The second kappa shape index (κ2) is 4.72. The Morgan fingerprint density at radius 1 is 1.32 bits per heavy atom. The van der Waals surface area contributed by atoms with Crippen molar-refractivity contribution in [2.75, 3.05) is 0 Å². The standard InChI is InChI=1S/C13H12FNO4/c1-7-8-3-2-4-9(14)12(8)15(6-5-10(16)17)11(7)13(18)19/h2-4H,5-6H2,1H3,(H,16,17)(H,18,19). The average Bonchev–Trinajstić information content (AvgIpc) is 2.61. The average molecular weight is 265 g/mol. The molecule has 19 heavy (non-hydrogen) atoms. The lowest BCUT2D eigenvalue weighted by Gasteiger charge is -2.07. The molecular weight excluding hydrogens is 253 g/mol. The molecule has 2 aromatic rings. The lowest BCUT2D eigenvalue weighted by Crippen LogP contribution is -2.12. The van der Waals surface area contributed by atoms with Crippen molar-refractivity contribution in [2.24, 2.45) is 0 Å². The quantitative estimate of drug-likeness (QED) is 0.888. The van der Waals surface area contributed by atoms with Gasteiger partial charge in [-0.1, -0.05) is 12.1 Å². The van der Waals surface area contributed by atoms with Crippen LogP contribution in [0.15, 0.2) is 18.2 Å². The Bertz CT molecular complexity index is 675. The van der Waals surface area contributed by atoms with Crippen LogP contribution in [0.2, 0.25) is 0 Å². The number of carboxylic acids is 2. The van der Waals surface area contributed by atoms with Gasteiger partial charge in [0.15, 0.2) is 0 Å². The molecule has 1 aromatic heterocycles. The van der Waals surface area contributed by atoms with Crippen molar-refractivity contribution in [3.05, 3.63) is 35.3 Å². The smallest absolute Gasteiger partial charge is 0.352 e. The molecule has 2 N–H and O–H groups in total. The van der Waals surface area contributed by atoms with Crippen molar-refractivity contribution in [1.82, 2.24) is 4.57 Å². The van der Waals surface area contributed by atoms with Gasteiger partial charge in [0, 0.05) is 11.9 Å². The van der Waals surface area contributed by atoms with Crippen molar-refractivity contribution in [2.45, 2.75) is 19.9 Å². The number of benzene rings is 1. The predicted molar refractivity (Wildman–Crippen MR) is 65.8 cm³/mol. The predicted octanol–water partition coefficient (Wildman–Crippen LogP) is 2.26. The molecule has 0 saturated heterocycles. The molecule has 0 aliphatic rings. The van der Waals surface area contributed by atoms with Gasteiger partial charge in [-0.2, -0.15) is 0 Å². The largest absolute Gasteiger partial charge is 0.481 e. The molecule has 100 valence electrons. The van der Waals surface area contributed by atoms with Crippen LogP contribution in [0, 0.1) is 12.7 Å². The summed E-state index contributed by atoms with van der Waals surface area (Å²) in [6, 6.07) is 4.35. The van der Waals surface area contributed by atoms with Gasteiger partial charge in [0.25, 0.3) is 0 Å². The Morgan fingerprint density at radius 3 is 2.58 bits per heavy atom. The van der Waals surface area contributed by atoms with E-state index in [1.165, 1.54) is 16.7 Å². The molecule has 0 saturated carbocycles. The number of fused-ring (bicyclic) bond motifs is 1. The Morgan fingerprint density at radius 2 is 2.00 bits per heavy atom. The molecule has 1 heterocycles. The van der Waals surface area contributed by atoms with Crippen LogP contribution >= 0.6 is 0 Å². The van der Waals surface area contributed by atoms with Crippen molar-refractivity contribution in [3.63, 3.8) is 0 Å². The Kier molecular flexibility index (Phi) is 3.25. The fourth-order valence-electron chi connectivity index (χ4n) is 2.24. The number of halogens is 1. The third-order valence-corrected chi connectivity index (χ3v) is 3.04. The van der Waals surface area contributed by atoms with Gasteiger partial charge in [-0.05, 0) is 18.6 Å². The summed E-state index contributed by atoms with van der Waals surface area (Å²) >= 11 is 0. The maximum absolute atomic E-state index is 13.9. The molecule has 1 aromatic carbocycles. The second-order valence-electron chi connectivity index (χ2n) is 4.21. The van der Waals surface area contributed by atoms with Crippen molar-refractivity contribution in [3.8, 4) is 0 Å². The van der Waals surface area contributed by atoms with Crippen LogP contribution in [0.4, 0.5) is 4.39 Å². The topological polar surface area (TPSA) is 79.5 Å². The van der Waals surface area contributed by atoms with Crippen LogP contribution in [0.3, 0.4) is 0 Å². The van der Waals surface area contributed by atoms with E-state index in [0.29, 0.717) is 10.9 Å². The van der Waals surface area contributed by atoms with Gasteiger partial charge in [0.2, 0.25) is 0 Å². The van der Waals surface area contributed by atoms with E-state index in [1.54, 1.807) is 13.0 Å². The maximum atomic E-state index is 13.9. The van der Waals surface area contributed by atoms with Crippen LogP contribution in [0.25, 0.3) is 10.9 Å². The first-order chi connectivity index (χ1) is 8.93. The van der Waals surface area contributed by atoms with Gasteiger partial charge in [0.05, 0.1) is 11.9 Å². The molecule has 5 nitrogen and oxygen atoms in total. The third-order valence-electron chi connectivity index (χ3n) is 3.04. The van der Waals surface area contributed by atoms with Gasteiger partial charge < -0.3 is 14.8 Å². The van der Waals surface area contributed by atoms with E-state index in [2.05, 4.69) is 0 Å². The molecular formula is C13H12FNO4. The highest BCUT2D eigenvalue weighted by Gasteiger charge is 2.21. The van der Waals surface area contributed by atoms with E-state index in [0.717, 1.165) is 0 Å². The number of para-hydroxylation sites is 1. The molecule has 0 unspecified atom stereocenters. The minimum Gasteiger partial charge on any atom is -0.481 e. The zero-order chi connectivity index (χ0) is 14.2. The molecule has 0 radical (unpaired) electrons. The molecule has 0 amide bonds. The maximum Gasteiger partial charge on any atom is 0.352 e. The number of rotatable bonds is 4. The zero-order valence-electron chi connectivity index (χ0n) is 10.2. The summed E-state index contributed by atoms with van der Waals surface area (Å²) in [7, 11) is 0. The van der Waals surface area contributed by atoms with Crippen LogP contribution in [0.5, 0.6) is 0 Å². The van der Waals surface area contributed by atoms with E-state index >= 15 is 0 Å². The van der Waals surface area contributed by atoms with Crippen molar-refractivity contribution in [1.29, 1.82) is 0 Å². The monoisotopic (exact) mass is 265 g/mol.